The van der Waals surface area contributed by atoms with Crippen molar-refractivity contribution in [3.8, 4) is 0 Å². The van der Waals surface area contributed by atoms with E-state index in [4.69, 9.17) is 20.6 Å². The van der Waals surface area contributed by atoms with E-state index in [2.05, 4.69) is 10.6 Å². The van der Waals surface area contributed by atoms with Crippen molar-refractivity contribution in [3.05, 3.63) is 94.8 Å². The Morgan fingerprint density at radius 1 is 0.864 bits per heavy atom. The van der Waals surface area contributed by atoms with Crippen LogP contribution in [0.4, 0.5) is 17.6 Å². The van der Waals surface area contributed by atoms with E-state index in [1.165, 1.54) is 10.6 Å². The number of carbonyl (C=O) groups excluding carboxylic acids is 3. The summed E-state index contributed by atoms with van der Waals surface area (Å²) in [5, 5.41) is 13.6. The minimum atomic E-state index is -5.82. The van der Waals surface area contributed by atoms with Gasteiger partial charge >= 0.3 is 25.2 Å². The second kappa shape index (κ2) is 13.0. The van der Waals surface area contributed by atoms with Gasteiger partial charge in [0, 0.05) is 37.2 Å². The Balaban J connectivity index is 1.84. The molecule has 3 rings (SSSR count). The van der Waals surface area contributed by atoms with Gasteiger partial charge in [-0.2, -0.15) is 17.6 Å². The summed E-state index contributed by atoms with van der Waals surface area (Å²) in [5.41, 5.74) is -0.263. The number of aromatic nitrogens is 1. The molecule has 0 spiro atoms. The first-order valence-electron chi connectivity index (χ1n) is 12.6. The number of nitrogens with one attached hydrogen (secondary N) is 2. The normalized spacial score (nSPS) is 13.5. The molecule has 12 nitrogen and oxygen atoms in total. The number of amides is 3. The summed E-state index contributed by atoms with van der Waals surface area (Å²) in [5.74, 6) is -9.21. The number of nitrogens with zero attached hydrogens (tertiary/aromatic N) is 1. The third-order valence-corrected chi connectivity index (χ3v) is 7.58. The summed E-state index contributed by atoms with van der Waals surface area (Å²) in [6, 6.07) is 7.76. The van der Waals surface area contributed by atoms with Crippen LogP contribution < -0.4 is 16.4 Å². The van der Waals surface area contributed by atoms with Gasteiger partial charge in [-0.25, -0.2) is 4.79 Å². The Kier molecular flexibility index (Phi) is 10.0. The Morgan fingerprint density at radius 3 is 1.80 bits per heavy atom. The van der Waals surface area contributed by atoms with Crippen molar-refractivity contribution in [2.24, 2.45) is 12.8 Å². The molecular weight excluding hydrogens is 615 g/mol. The van der Waals surface area contributed by atoms with Gasteiger partial charge in [-0.15, -0.1) is 0 Å². The SMILES string of the molecule is Cn1cccc1C(=O)NC(Cc1ccc(C(F)(F)C(=O)O)cc1)C(=O)NC(Cc1ccc(C(F)(F)P(=O)(O)O)cc1)C(N)=O. The van der Waals surface area contributed by atoms with Crippen LogP contribution in [0.5, 0.6) is 0 Å². The van der Waals surface area contributed by atoms with Gasteiger partial charge in [-0.1, -0.05) is 48.5 Å². The Hall–Kier alpha value is -4.53. The number of hydrogen-bond acceptors (Lipinski definition) is 5. The monoisotopic (exact) mass is 642 g/mol. The quantitative estimate of drug-likeness (QED) is 0.120. The molecule has 2 unspecified atom stereocenters. The number of carboxylic acids is 1. The first-order chi connectivity index (χ1) is 20.3. The molecule has 17 heteroatoms. The number of alkyl halides is 4. The molecule has 0 fully saturated rings. The Bertz CT molecular complexity index is 1590. The lowest BCUT2D eigenvalue weighted by Crippen LogP contribution is -2.54. The fraction of sp³-hybridized carbons (Fsp3) is 0.259. The fourth-order valence-corrected chi connectivity index (χ4v) is 4.57. The average Bonchev–Trinajstić information content (AvgIpc) is 3.38. The van der Waals surface area contributed by atoms with Gasteiger partial charge in [0.1, 0.15) is 17.8 Å². The van der Waals surface area contributed by atoms with Crippen molar-refractivity contribution in [3.63, 3.8) is 0 Å². The topological polar surface area (TPSA) is 201 Å². The molecule has 236 valence electrons. The highest BCUT2D eigenvalue weighted by atomic mass is 31.2. The predicted octanol–water partition coefficient (Wildman–Crippen LogP) is 1.98. The minimum absolute atomic E-state index is 0.151. The number of halogens is 4. The predicted molar refractivity (Wildman–Crippen MR) is 146 cm³/mol. The number of aliphatic carboxylic acids is 1. The van der Waals surface area contributed by atoms with Gasteiger partial charge < -0.3 is 35.8 Å². The highest BCUT2D eigenvalue weighted by Crippen LogP contribution is 2.59. The van der Waals surface area contributed by atoms with Crippen LogP contribution in [0.3, 0.4) is 0 Å². The summed E-state index contributed by atoms with van der Waals surface area (Å²) >= 11 is 0. The molecule has 3 aromatic rings. The van der Waals surface area contributed by atoms with E-state index in [0.29, 0.717) is 0 Å². The molecule has 2 aromatic carbocycles. The molecule has 0 radical (unpaired) electrons. The maximum absolute atomic E-state index is 14.0. The largest absolute Gasteiger partial charge is 0.477 e. The van der Waals surface area contributed by atoms with E-state index in [-0.39, 0.29) is 29.7 Å². The van der Waals surface area contributed by atoms with Crippen LogP contribution >= 0.6 is 7.60 Å². The highest BCUT2D eigenvalue weighted by Gasteiger charge is 2.50. The first-order valence-corrected chi connectivity index (χ1v) is 14.2. The third kappa shape index (κ3) is 7.70. The van der Waals surface area contributed by atoms with Crippen molar-refractivity contribution in [1.82, 2.24) is 15.2 Å². The summed E-state index contributed by atoms with van der Waals surface area (Å²) in [7, 11) is -4.26. The number of nitrogens with two attached hydrogens (primary N) is 1. The van der Waals surface area contributed by atoms with Crippen LogP contribution in [0.25, 0.3) is 0 Å². The summed E-state index contributed by atoms with van der Waals surface area (Å²) in [6.45, 7) is 0. The van der Waals surface area contributed by atoms with E-state index in [1.807, 2.05) is 0 Å². The molecule has 2 atom stereocenters. The maximum atomic E-state index is 14.0. The molecule has 0 aliphatic heterocycles. The number of rotatable bonds is 13. The van der Waals surface area contributed by atoms with Crippen molar-refractivity contribution in [1.29, 1.82) is 0 Å². The second-order valence-electron chi connectivity index (χ2n) is 9.76. The second-order valence-corrected chi connectivity index (χ2v) is 11.4. The number of primary amides is 1. The van der Waals surface area contributed by atoms with Gasteiger partial charge in [0.05, 0.1) is 0 Å². The first kappa shape index (κ1) is 34.0. The van der Waals surface area contributed by atoms with Crippen molar-refractivity contribution in [2.75, 3.05) is 0 Å². The maximum Gasteiger partial charge on any atom is 0.399 e. The van der Waals surface area contributed by atoms with E-state index in [0.717, 1.165) is 48.5 Å². The molecule has 0 saturated carbocycles. The van der Waals surface area contributed by atoms with Crippen molar-refractivity contribution >= 4 is 31.3 Å². The van der Waals surface area contributed by atoms with Gasteiger partial charge in [0.2, 0.25) is 11.8 Å². The number of benzene rings is 2. The average molecular weight is 642 g/mol. The molecule has 3 amide bonds. The molecule has 1 aromatic heterocycles. The van der Waals surface area contributed by atoms with E-state index in [9.17, 15) is 41.3 Å². The molecule has 0 saturated heterocycles. The Morgan fingerprint density at radius 2 is 1.36 bits per heavy atom. The van der Waals surface area contributed by atoms with E-state index < -0.39 is 66.1 Å². The third-order valence-electron chi connectivity index (χ3n) is 6.59. The van der Waals surface area contributed by atoms with E-state index >= 15 is 0 Å². The molecule has 44 heavy (non-hydrogen) atoms. The van der Waals surface area contributed by atoms with Crippen LogP contribution in [-0.2, 0) is 50.4 Å². The zero-order chi connectivity index (χ0) is 33.0. The number of aryl methyl sites for hydroxylation is 1. The zero-order valence-corrected chi connectivity index (χ0v) is 23.7. The van der Waals surface area contributed by atoms with Crippen LogP contribution in [-0.4, -0.2) is 55.2 Å². The number of carboxylic acid groups (broad SMARTS) is 1. The molecule has 0 aliphatic carbocycles. The molecular formula is C27H27F4N4O8P. The number of carbonyl (C=O) groups is 4. The fourth-order valence-electron chi connectivity index (χ4n) is 4.09. The molecule has 7 N–H and O–H groups in total. The van der Waals surface area contributed by atoms with Crippen molar-refractivity contribution in [2.45, 2.75) is 36.5 Å². The highest BCUT2D eigenvalue weighted by molar-refractivity contribution is 7.52. The Labute approximate surface area is 247 Å². The van der Waals surface area contributed by atoms with Gasteiger partial charge in [-0.3, -0.25) is 18.9 Å². The lowest BCUT2D eigenvalue weighted by atomic mass is 10.00. The van der Waals surface area contributed by atoms with Gasteiger partial charge in [0.15, 0.2) is 0 Å². The van der Waals surface area contributed by atoms with Gasteiger partial charge in [-0.05, 0) is 23.3 Å². The standard InChI is InChI=1S/C27H27F4N4O8P/c1-35-12-2-3-21(35)24(38)34-20(14-16-4-8-17(9-5-16)26(28,29)25(39)40)23(37)33-19(22(32)36)13-15-6-10-18(11-7-15)27(30,31)44(41,42)43/h2-12,19-20H,13-14H2,1H3,(H2,32,36)(H,33,37)(H,34,38)(H,39,40)(H2,41,42,43). The smallest absolute Gasteiger partial charge is 0.399 e. The lowest BCUT2D eigenvalue weighted by molar-refractivity contribution is -0.166. The minimum Gasteiger partial charge on any atom is -0.477 e. The van der Waals surface area contributed by atoms with Gasteiger partial charge in [0.25, 0.3) is 5.91 Å². The van der Waals surface area contributed by atoms with Crippen LogP contribution in [0.15, 0.2) is 66.9 Å². The molecule has 1 heterocycles. The lowest BCUT2D eigenvalue weighted by Gasteiger charge is -2.23. The molecule has 0 bridgehead atoms. The summed E-state index contributed by atoms with van der Waals surface area (Å²) < 4.78 is 68.3. The zero-order valence-electron chi connectivity index (χ0n) is 22.8. The van der Waals surface area contributed by atoms with Crippen molar-refractivity contribution < 1.29 is 56.2 Å². The molecule has 0 aliphatic rings. The van der Waals surface area contributed by atoms with Crippen LogP contribution in [0, 0.1) is 0 Å². The number of hydrogen-bond donors (Lipinski definition) is 6. The van der Waals surface area contributed by atoms with E-state index in [1.54, 1.807) is 19.3 Å². The van der Waals surface area contributed by atoms with Crippen LogP contribution in [0.1, 0.15) is 32.7 Å². The van der Waals surface area contributed by atoms with Crippen LogP contribution in [0.2, 0.25) is 0 Å². The summed E-state index contributed by atoms with van der Waals surface area (Å²) in [6.07, 6.45) is 0.939. The summed E-state index contributed by atoms with van der Waals surface area (Å²) in [4.78, 5) is 67.1.